The smallest absolute Gasteiger partial charge is 0.174 e. The molecule has 2 heterocycles. The molecule has 0 saturated carbocycles. The molecule has 0 amide bonds. The summed E-state index contributed by atoms with van der Waals surface area (Å²) < 4.78 is 7.16. The molecule has 0 bridgehead atoms. The van der Waals surface area contributed by atoms with E-state index >= 15 is 0 Å². The second-order valence-electron chi connectivity index (χ2n) is 5.32. The SMILES string of the molecule is COc1ccc(-n2ccnc2SCC(=O)c2cc(C)sc2C)cc1. The normalized spacial score (nSPS) is 10.8. The van der Waals surface area contributed by atoms with Gasteiger partial charge in [0, 0.05) is 33.4 Å². The molecule has 0 aliphatic heterocycles. The fourth-order valence-electron chi connectivity index (χ4n) is 2.45. The van der Waals surface area contributed by atoms with E-state index in [0.29, 0.717) is 5.75 Å². The molecule has 0 aliphatic rings. The van der Waals surface area contributed by atoms with Crippen LogP contribution in [0.5, 0.6) is 5.75 Å². The Morgan fingerprint density at radius 3 is 2.67 bits per heavy atom. The number of carbonyl (C=O) groups is 1. The summed E-state index contributed by atoms with van der Waals surface area (Å²) in [5.74, 6) is 1.34. The van der Waals surface area contributed by atoms with Gasteiger partial charge in [-0.2, -0.15) is 0 Å². The third kappa shape index (κ3) is 3.55. The first-order valence-electron chi connectivity index (χ1n) is 7.49. The predicted octanol–water partition coefficient (Wildman–Crippen LogP) is 4.53. The lowest BCUT2D eigenvalue weighted by Gasteiger charge is -2.08. The molecule has 0 aliphatic carbocycles. The van der Waals surface area contributed by atoms with Crippen molar-refractivity contribution in [2.45, 2.75) is 19.0 Å². The van der Waals surface area contributed by atoms with Crippen molar-refractivity contribution in [2.75, 3.05) is 12.9 Å². The number of imidazole rings is 1. The number of ketones is 1. The van der Waals surface area contributed by atoms with Gasteiger partial charge in [0.2, 0.25) is 0 Å². The van der Waals surface area contributed by atoms with Crippen molar-refractivity contribution < 1.29 is 9.53 Å². The summed E-state index contributed by atoms with van der Waals surface area (Å²) in [6.07, 6.45) is 3.64. The fraction of sp³-hybridized carbons (Fsp3) is 0.222. The lowest BCUT2D eigenvalue weighted by atomic mass is 10.2. The average Bonchev–Trinajstić information content (AvgIpc) is 3.18. The molecule has 0 spiro atoms. The van der Waals surface area contributed by atoms with Gasteiger partial charge in [-0.25, -0.2) is 4.98 Å². The zero-order valence-electron chi connectivity index (χ0n) is 13.8. The Balaban J connectivity index is 1.73. The molecule has 0 unspecified atom stereocenters. The molecule has 3 rings (SSSR count). The topological polar surface area (TPSA) is 44.1 Å². The van der Waals surface area contributed by atoms with Gasteiger partial charge >= 0.3 is 0 Å². The van der Waals surface area contributed by atoms with Gasteiger partial charge in [-0.1, -0.05) is 11.8 Å². The second-order valence-corrected chi connectivity index (χ2v) is 7.72. The molecule has 124 valence electrons. The largest absolute Gasteiger partial charge is 0.497 e. The summed E-state index contributed by atoms with van der Waals surface area (Å²) in [7, 11) is 1.65. The number of ether oxygens (including phenoxy) is 1. The van der Waals surface area contributed by atoms with Crippen LogP contribution >= 0.6 is 23.1 Å². The molecule has 1 aromatic carbocycles. The molecule has 0 fully saturated rings. The maximum atomic E-state index is 12.4. The maximum absolute atomic E-state index is 12.4. The lowest BCUT2D eigenvalue weighted by Crippen LogP contribution is -2.04. The number of hydrogen-bond acceptors (Lipinski definition) is 5. The summed E-state index contributed by atoms with van der Waals surface area (Å²) >= 11 is 3.12. The molecule has 0 saturated heterocycles. The van der Waals surface area contributed by atoms with Crippen molar-refractivity contribution >= 4 is 28.9 Å². The van der Waals surface area contributed by atoms with Gasteiger partial charge < -0.3 is 4.74 Å². The molecule has 0 radical (unpaired) electrons. The van der Waals surface area contributed by atoms with Crippen molar-refractivity contribution in [3.8, 4) is 11.4 Å². The van der Waals surface area contributed by atoms with Crippen LogP contribution in [0.25, 0.3) is 5.69 Å². The van der Waals surface area contributed by atoms with Gasteiger partial charge in [0.15, 0.2) is 10.9 Å². The van der Waals surface area contributed by atoms with Crippen LogP contribution in [0.4, 0.5) is 0 Å². The third-order valence-corrected chi connectivity index (χ3v) is 5.56. The average molecular weight is 358 g/mol. The number of thiophene rings is 1. The number of carbonyl (C=O) groups excluding carboxylic acids is 1. The van der Waals surface area contributed by atoms with E-state index in [1.807, 2.05) is 54.9 Å². The first kappa shape index (κ1) is 16.8. The molecule has 2 aromatic heterocycles. The first-order chi connectivity index (χ1) is 11.6. The van der Waals surface area contributed by atoms with E-state index < -0.39 is 0 Å². The highest BCUT2D eigenvalue weighted by molar-refractivity contribution is 7.99. The van der Waals surface area contributed by atoms with E-state index in [2.05, 4.69) is 4.98 Å². The highest BCUT2D eigenvalue weighted by Crippen LogP contribution is 2.26. The predicted molar refractivity (Wildman–Crippen MR) is 99.0 cm³/mol. The van der Waals surface area contributed by atoms with Crippen LogP contribution < -0.4 is 4.74 Å². The van der Waals surface area contributed by atoms with Gasteiger partial charge in [0.1, 0.15) is 5.75 Å². The van der Waals surface area contributed by atoms with E-state index in [4.69, 9.17) is 4.74 Å². The van der Waals surface area contributed by atoms with E-state index in [1.165, 1.54) is 16.6 Å². The van der Waals surface area contributed by atoms with Crippen LogP contribution in [-0.4, -0.2) is 28.2 Å². The number of hydrogen-bond donors (Lipinski definition) is 0. The number of Topliss-reactive ketones (excluding diaryl/α,β-unsaturated/α-hetero) is 1. The molecule has 0 atom stereocenters. The van der Waals surface area contributed by atoms with Crippen LogP contribution in [-0.2, 0) is 0 Å². The first-order valence-corrected chi connectivity index (χ1v) is 9.29. The van der Waals surface area contributed by atoms with E-state index in [1.54, 1.807) is 24.6 Å². The van der Waals surface area contributed by atoms with E-state index in [-0.39, 0.29) is 5.78 Å². The Kier molecular flexibility index (Phi) is 5.06. The summed E-state index contributed by atoms with van der Waals surface area (Å²) in [5.41, 5.74) is 1.82. The van der Waals surface area contributed by atoms with Gasteiger partial charge in [0.05, 0.1) is 12.9 Å². The van der Waals surface area contributed by atoms with E-state index in [0.717, 1.165) is 27.0 Å². The summed E-state index contributed by atoms with van der Waals surface area (Å²) in [5, 5.41) is 0.804. The van der Waals surface area contributed by atoms with Gasteiger partial charge in [-0.15, -0.1) is 11.3 Å². The summed E-state index contributed by atoms with van der Waals surface area (Å²) in [4.78, 5) is 19.1. The Bertz CT molecular complexity index is 850. The van der Waals surface area contributed by atoms with Crippen LogP contribution in [0.3, 0.4) is 0 Å². The number of aromatic nitrogens is 2. The highest BCUT2D eigenvalue weighted by atomic mass is 32.2. The third-order valence-electron chi connectivity index (χ3n) is 3.63. The molecule has 0 N–H and O–H groups in total. The number of thioether (sulfide) groups is 1. The number of rotatable bonds is 6. The minimum Gasteiger partial charge on any atom is -0.497 e. The number of benzene rings is 1. The minimum absolute atomic E-state index is 0.145. The zero-order chi connectivity index (χ0) is 17.1. The van der Waals surface area contributed by atoms with Gasteiger partial charge in [-0.3, -0.25) is 9.36 Å². The Morgan fingerprint density at radius 2 is 2.04 bits per heavy atom. The Labute approximate surface area is 149 Å². The monoisotopic (exact) mass is 358 g/mol. The standard InChI is InChI=1S/C18H18N2O2S2/c1-12-10-16(13(2)24-12)17(21)11-23-18-19-8-9-20(18)14-4-6-15(22-3)7-5-14/h4-10H,11H2,1-3H3. The van der Waals surface area contributed by atoms with E-state index in [9.17, 15) is 4.79 Å². The number of aryl methyl sites for hydroxylation is 2. The minimum atomic E-state index is 0.145. The quantitative estimate of drug-likeness (QED) is 0.479. The van der Waals surface area contributed by atoms with Crippen LogP contribution in [0.1, 0.15) is 20.1 Å². The zero-order valence-corrected chi connectivity index (χ0v) is 15.4. The number of nitrogens with zero attached hydrogens (tertiary/aromatic N) is 2. The summed E-state index contributed by atoms with van der Waals surface area (Å²) in [6.45, 7) is 4.02. The van der Waals surface area contributed by atoms with Crippen molar-refractivity contribution in [2.24, 2.45) is 0 Å². The summed E-state index contributed by atoms with van der Waals surface area (Å²) in [6, 6.07) is 9.73. The van der Waals surface area contributed by atoms with Crippen LogP contribution in [0, 0.1) is 13.8 Å². The van der Waals surface area contributed by atoms with Crippen molar-refractivity contribution in [1.82, 2.24) is 9.55 Å². The molecular weight excluding hydrogens is 340 g/mol. The molecular formula is C18H18N2O2S2. The fourth-order valence-corrected chi connectivity index (χ4v) is 4.25. The molecule has 24 heavy (non-hydrogen) atoms. The second kappa shape index (κ2) is 7.23. The van der Waals surface area contributed by atoms with Gasteiger partial charge in [0.25, 0.3) is 0 Å². The Morgan fingerprint density at radius 1 is 1.29 bits per heavy atom. The van der Waals surface area contributed by atoms with Crippen molar-refractivity contribution in [3.63, 3.8) is 0 Å². The molecule has 6 heteroatoms. The molecule has 3 aromatic rings. The van der Waals surface area contributed by atoms with Crippen LogP contribution in [0.15, 0.2) is 47.9 Å². The molecule has 4 nitrogen and oxygen atoms in total. The Hall–Kier alpha value is -2.05. The van der Waals surface area contributed by atoms with Gasteiger partial charge in [-0.05, 0) is 44.2 Å². The van der Waals surface area contributed by atoms with Crippen LogP contribution in [0.2, 0.25) is 0 Å². The lowest BCUT2D eigenvalue weighted by molar-refractivity contribution is 0.102. The number of methoxy groups -OCH3 is 1. The maximum Gasteiger partial charge on any atom is 0.174 e. The highest BCUT2D eigenvalue weighted by Gasteiger charge is 2.14. The van der Waals surface area contributed by atoms with Crippen molar-refractivity contribution in [1.29, 1.82) is 0 Å². The van der Waals surface area contributed by atoms with Crippen molar-refractivity contribution in [3.05, 3.63) is 58.0 Å².